The Bertz CT molecular complexity index is 520. The van der Waals surface area contributed by atoms with E-state index in [9.17, 15) is 4.79 Å². The third kappa shape index (κ3) is 3.84. The zero-order valence-electron chi connectivity index (χ0n) is 11.2. The first-order valence-corrected chi connectivity index (χ1v) is 7.62. The second kappa shape index (κ2) is 7.10. The molecule has 0 radical (unpaired) electrons. The zero-order chi connectivity index (χ0) is 14.4. The lowest BCUT2D eigenvalue weighted by Gasteiger charge is -2.19. The molecule has 20 heavy (non-hydrogen) atoms. The first-order chi connectivity index (χ1) is 9.70. The Hall–Kier alpha value is -1.81. The summed E-state index contributed by atoms with van der Waals surface area (Å²) in [6.45, 7) is 1.69. The lowest BCUT2D eigenvalue weighted by atomic mass is 10.2. The van der Waals surface area contributed by atoms with Crippen molar-refractivity contribution >= 4 is 23.5 Å². The maximum Gasteiger partial charge on any atom is 0.233 e. The van der Waals surface area contributed by atoms with Gasteiger partial charge >= 0.3 is 0 Å². The van der Waals surface area contributed by atoms with E-state index in [1.807, 2.05) is 11.0 Å². The number of thioether (sulfide) groups is 1. The van der Waals surface area contributed by atoms with Crippen molar-refractivity contribution in [3.05, 3.63) is 11.8 Å². The topological polar surface area (TPSA) is 95.9 Å². The van der Waals surface area contributed by atoms with E-state index in [0.29, 0.717) is 10.9 Å². The Morgan fingerprint density at radius 1 is 1.40 bits per heavy atom. The van der Waals surface area contributed by atoms with Gasteiger partial charge in [-0.2, -0.15) is 5.26 Å². The van der Waals surface area contributed by atoms with E-state index in [-0.39, 0.29) is 17.3 Å². The Labute approximate surface area is 122 Å². The second-order valence-corrected chi connectivity index (χ2v) is 5.59. The van der Waals surface area contributed by atoms with E-state index >= 15 is 0 Å². The van der Waals surface area contributed by atoms with Gasteiger partial charge in [0.1, 0.15) is 17.5 Å². The van der Waals surface area contributed by atoms with Crippen molar-refractivity contribution in [3.8, 4) is 6.07 Å². The van der Waals surface area contributed by atoms with E-state index in [0.717, 1.165) is 25.9 Å². The number of carbonyl (C=O) groups is 1. The molecule has 1 saturated heterocycles. The van der Waals surface area contributed by atoms with Crippen LogP contribution in [0.25, 0.3) is 0 Å². The summed E-state index contributed by atoms with van der Waals surface area (Å²) >= 11 is 1.26. The highest BCUT2D eigenvalue weighted by molar-refractivity contribution is 7.99. The van der Waals surface area contributed by atoms with Crippen LogP contribution in [0.5, 0.6) is 0 Å². The molecule has 1 aliphatic rings. The summed E-state index contributed by atoms with van der Waals surface area (Å²) in [4.78, 5) is 22.0. The SMILES string of the molecule is N#Cc1cnc(SCC(=O)N2CCCCCC2)nc1N. The standard InChI is InChI=1S/C13H17N5OS/c14-7-10-8-16-13(17-12(10)15)20-9-11(19)18-5-3-1-2-4-6-18/h8H,1-6,9H2,(H2,15,16,17). The maximum atomic E-state index is 12.1. The molecule has 2 heterocycles. The third-order valence-electron chi connectivity index (χ3n) is 3.20. The van der Waals surface area contributed by atoms with E-state index < -0.39 is 0 Å². The number of amides is 1. The van der Waals surface area contributed by atoms with Crippen molar-refractivity contribution in [1.29, 1.82) is 5.26 Å². The molecule has 0 unspecified atom stereocenters. The fourth-order valence-corrected chi connectivity index (χ4v) is 2.80. The smallest absolute Gasteiger partial charge is 0.233 e. The van der Waals surface area contributed by atoms with E-state index in [1.54, 1.807) is 0 Å². The van der Waals surface area contributed by atoms with Crippen molar-refractivity contribution in [2.24, 2.45) is 0 Å². The van der Waals surface area contributed by atoms with Crippen LogP contribution in [0.15, 0.2) is 11.4 Å². The molecule has 1 aliphatic heterocycles. The molecule has 0 aromatic carbocycles. The predicted octanol–water partition coefficient (Wildman–Crippen LogP) is 1.43. The highest BCUT2D eigenvalue weighted by Gasteiger charge is 2.16. The van der Waals surface area contributed by atoms with Gasteiger partial charge in [0, 0.05) is 13.1 Å². The van der Waals surface area contributed by atoms with E-state index in [4.69, 9.17) is 11.0 Å². The molecule has 2 N–H and O–H groups in total. The molecular weight excluding hydrogens is 274 g/mol. The molecule has 106 valence electrons. The number of nitrogen functional groups attached to an aromatic ring is 1. The molecule has 7 heteroatoms. The quantitative estimate of drug-likeness (QED) is 0.668. The van der Waals surface area contributed by atoms with Gasteiger partial charge in [0.05, 0.1) is 11.9 Å². The number of nitrogens with two attached hydrogens (primary N) is 1. The minimum atomic E-state index is 0.114. The van der Waals surface area contributed by atoms with Crippen molar-refractivity contribution in [2.75, 3.05) is 24.6 Å². The molecule has 2 rings (SSSR count). The number of hydrogen-bond acceptors (Lipinski definition) is 6. The molecule has 6 nitrogen and oxygen atoms in total. The summed E-state index contributed by atoms with van der Waals surface area (Å²) in [5.41, 5.74) is 5.88. The summed E-state index contributed by atoms with van der Waals surface area (Å²) < 4.78 is 0. The molecular formula is C13H17N5OS. The lowest BCUT2D eigenvalue weighted by molar-refractivity contribution is -0.128. The summed E-state index contributed by atoms with van der Waals surface area (Å²) in [7, 11) is 0. The van der Waals surface area contributed by atoms with Gasteiger partial charge in [-0.05, 0) is 12.8 Å². The van der Waals surface area contributed by atoms with E-state index in [2.05, 4.69) is 9.97 Å². The maximum absolute atomic E-state index is 12.1. The average Bonchev–Trinajstić information content (AvgIpc) is 2.74. The third-order valence-corrected chi connectivity index (χ3v) is 4.05. The fourth-order valence-electron chi connectivity index (χ4n) is 2.07. The number of likely N-dealkylation sites (tertiary alicyclic amines) is 1. The summed E-state index contributed by atoms with van der Waals surface area (Å²) in [5, 5.41) is 9.18. The van der Waals surface area contributed by atoms with Crippen LogP contribution in [-0.4, -0.2) is 39.6 Å². The van der Waals surface area contributed by atoms with Crippen LogP contribution >= 0.6 is 11.8 Å². The van der Waals surface area contributed by atoms with Crippen molar-refractivity contribution in [2.45, 2.75) is 30.8 Å². The Kier molecular flexibility index (Phi) is 5.18. The lowest BCUT2D eigenvalue weighted by Crippen LogP contribution is -2.33. The Morgan fingerprint density at radius 2 is 2.10 bits per heavy atom. The van der Waals surface area contributed by atoms with Gasteiger partial charge in [-0.3, -0.25) is 4.79 Å². The molecule has 0 aliphatic carbocycles. The highest BCUT2D eigenvalue weighted by atomic mass is 32.2. The highest BCUT2D eigenvalue weighted by Crippen LogP contribution is 2.17. The normalized spacial score (nSPS) is 15.4. The fraction of sp³-hybridized carbons (Fsp3) is 0.538. The Morgan fingerprint density at radius 3 is 2.70 bits per heavy atom. The number of nitriles is 1. The van der Waals surface area contributed by atoms with Crippen LogP contribution in [0.1, 0.15) is 31.2 Å². The number of anilines is 1. The first-order valence-electron chi connectivity index (χ1n) is 6.64. The predicted molar refractivity (Wildman–Crippen MR) is 76.9 cm³/mol. The van der Waals surface area contributed by atoms with Crippen LogP contribution in [0, 0.1) is 11.3 Å². The van der Waals surface area contributed by atoms with Crippen LogP contribution in [-0.2, 0) is 4.79 Å². The molecule has 1 aromatic heterocycles. The molecule has 1 fully saturated rings. The largest absolute Gasteiger partial charge is 0.382 e. The average molecular weight is 291 g/mol. The molecule has 0 saturated carbocycles. The van der Waals surface area contributed by atoms with Crippen molar-refractivity contribution in [3.63, 3.8) is 0 Å². The van der Waals surface area contributed by atoms with Crippen LogP contribution < -0.4 is 5.73 Å². The number of rotatable bonds is 3. The van der Waals surface area contributed by atoms with Crippen LogP contribution in [0.2, 0.25) is 0 Å². The van der Waals surface area contributed by atoms with Gasteiger partial charge in [-0.25, -0.2) is 9.97 Å². The molecule has 0 atom stereocenters. The number of hydrogen-bond donors (Lipinski definition) is 1. The number of carbonyl (C=O) groups excluding carboxylic acids is 1. The number of nitrogens with zero attached hydrogens (tertiary/aromatic N) is 4. The van der Waals surface area contributed by atoms with Crippen LogP contribution in [0.3, 0.4) is 0 Å². The van der Waals surface area contributed by atoms with Gasteiger partial charge in [0.2, 0.25) is 5.91 Å². The first kappa shape index (κ1) is 14.6. The van der Waals surface area contributed by atoms with Crippen LogP contribution in [0.4, 0.5) is 5.82 Å². The summed E-state index contributed by atoms with van der Waals surface area (Å²) in [5.74, 6) is 0.585. The minimum Gasteiger partial charge on any atom is -0.382 e. The molecule has 1 amide bonds. The summed E-state index contributed by atoms with van der Waals surface area (Å²) in [6, 6.07) is 1.91. The zero-order valence-corrected chi connectivity index (χ0v) is 12.0. The monoisotopic (exact) mass is 291 g/mol. The molecule has 0 spiro atoms. The van der Waals surface area contributed by atoms with Gasteiger partial charge in [-0.1, -0.05) is 24.6 Å². The van der Waals surface area contributed by atoms with Crippen molar-refractivity contribution in [1.82, 2.24) is 14.9 Å². The van der Waals surface area contributed by atoms with Crippen molar-refractivity contribution < 1.29 is 4.79 Å². The second-order valence-electron chi connectivity index (χ2n) is 4.65. The number of aromatic nitrogens is 2. The summed E-state index contributed by atoms with van der Waals surface area (Å²) in [6.07, 6.45) is 5.95. The molecule has 1 aromatic rings. The van der Waals surface area contributed by atoms with Gasteiger partial charge in [0.15, 0.2) is 5.16 Å². The van der Waals surface area contributed by atoms with Gasteiger partial charge in [0.25, 0.3) is 0 Å². The van der Waals surface area contributed by atoms with E-state index in [1.165, 1.54) is 30.8 Å². The van der Waals surface area contributed by atoms with Gasteiger partial charge in [-0.15, -0.1) is 0 Å². The molecule has 0 bridgehead atoms. The minimum absolute atomic E-state index is 0.114. The van der Waals surface area contributed by atoms with Gasteiger partial charge < -0.3 is 10.6 Å². The Balaban J connectivity index is 1.89.